The van der Waals surface area contributed by atoms with Crippen molar-refractivity contribution in [3.8, 4) is 17.1 Å². The summed E-state index contributed by atoms with van der Waals surface area (Å²) in [7, 11) is 0. The van der Waals surface area contributed by atoms with Crippen LogP contribution in [-0.2, 0) is 11.2 Å². The molecule has 132 valence electrons. The van der Waals surface area contributed by atoms with Crippen LogP contribution in [0.3, 0.4) is 0 Å². The van der Waals surface area contributed by atoms with Crippen LogP contribution in [0.15, 0.2) is 72.8 Å². The number of carbonyl (C=O) groups excluding carboxylic acids is 1. The number of ether oxygens (including phenoxy) is 1. The fourth-order valence-corrected chi connectivity index (χ4v) is 3.35. The molecule has 1 amide bonds. The molecular weight excluding hydrogens is 338 g/mol. The molecule has 0 bridgehead atoms. The van der Waals surface area contributed by atoms with Crippen LogP contribution < -0.4 is 10.1 Å². The van der Waals surface area contributed by atoms with Crippen LogP contribution in [-0.4, -0.2) is 22.0 Å². The highest BCUT2D eigenvalue weighted by Crippen LogP contribution is 2.29. The number of benzene rings is 3. The van der Waals surface area contributed by atoms with E-state index in [4.69, 9.17) is 4.74 Å². The Kier molecular flexibility index (Phi) is 3.64. The minimum absolute atomic E-state index is 0.136. The van der Waals surface area contributed by atoms with Crippen molar-refractivity contribution in [3.63, 3.8) is 0 Å². The summed E-state index contributed by atoms with van der Waals surface area (Å²) in [4.78, 5) is 20.4. The normalized spacial score (nSPS) is 15.3. The number of aromatic nitrogens is 2. The van der Waals surface area contributed by atoms with Crippen molar-refractivity contribution in [2.45, 2.75) is 12.5 Å². The molecule has 0 spiro atoms. The Morgan fingerprint density at radius 2 is 1.78 bits per heavy atom. The summed E-state index contributed by atoms with van der Waals surface area (Å²) in [5.41, 5.74) is 4.71. The molecule has 1 aliphatic heterocycles. The van der Waals surface area contributed by atoms with Crippen molar-refractivity contribution >= 4 is 22.6 Å². The highest BCUT2D eigenvalue weighted by molar-refractivity contribution is 5.95. The lowest BCUT2D eigenvalue weighted by molar-refractivity contribution is -0.122. The van der Waals surface area contributed by atoms with Gasteiger partial charge in [0.15, 0.2) is 6.10 Å². The van der Waals surface area contributed by atoms with Crippen molar-refractivity contribution in [3.05, 3.63) is 78.4 Å². The van der Waals surface area contributed by atoms with Gasteiger partial charge in [-0.15, -0.1) is 0 Å². The van der Waals surface area contributed by atoms with E-state index in [0.29, 0.717) is 6.42 Å². The molecule has 0 saturated carbocycles. The third-order valence-electron chi connectivity index (χ3n) is 4.75. The molecule has 2 heterocycles. The lowest BCUT2D eigenvalue weighted by Gasteiger charge is -2.11. The van der Waals surface area contributed by atoms with Crippen molar-refractivity contribution < 1.29 is 9.53 Å². The number of nitrogens with zero attached hydrogens (tertiary/aromatic N) is 1. The largest absolute Gasteiger partial charge is 0.480 e. The number of H-pyrrole nitrogens is 1. The monoisotopic (exact) mass is 355 g/mol. The summed E-state index contributed by atoms with van der Waals surface area (Å²) in [5, 5.41) is 2.93. The average Bonchev–Trinajstić information content (AvgIpc) is 3.32. The average molecular weight is 355 g/mol. The number of para-hydroxylation sites is 3. The van der Waals surface area contributed by atoms with E-state index >= 15 is 0 Å². The molecule has 4 aromatic rings. The van der Waals surface area contributed by atoms with E-state index < -0.39 is 6.10 Å². The topological polar surface area (TPSA) is 67.0 Å². The Labute approximate surface area is 156 Å². The molecule has 5 rings (SSSR count). The molecule has 0 fully saturated rings. The van der Waals surface area contributed by atoms with Gasteiger partial charge in [-0.3, -0.25) is 4.79 Å². The highest BCUT2D eigenvalue weighted by Gasteiger charge is 2.28. The molecule has 0 unspecified atom stereocenters. The van der Waals surface area contributed by atoms with Crippen molar-refractivity contribution in [1.82, 2.24) is 9.97 Å². The Morgan fingerprint density at radius 1 is 1.00 bits per heavy atom. The first-order chi connectivity index (χ1) is 13.3. The molecule has 5 nitrogen and oxygen atoms in total. The zero-order valence-electron chi connectivity index (χ0n) is 14.5. The Balaban J connectivity index is 1.30. The van der Waals surface area contributed by atoms with Gasteiger partial charge < -0.3 is 15.0 Å². The smallest absolute Gasteiger partial charge is 0.265 e. The van der Waals surface area contributed by atoms with Crippen LogP contribution in [0.1, 0.15) is 5.56 Å². The second-order valence-corrected chi connectivity index (χ2v) is 6.59. The molecule has 27 heavy (non-hydrogen) atoms. The van der Waals surface area contributed by atoms with Gasteiger partial charge in [-0.1, -0.05) is 30.3 Å². The van der Waals surface area contributed by atoms with Crippen molar-refractivity contribution in [2.24, 2.45) is 0 Å². The fourth-order valence-electron chi connectivity index (χ4n) is 3.35. The lowest BCUT2D eigenvalue weighted by atomic mass is 10.1. The number of carbonyl (C=O) groups is 1. The second-order valence-electron chi connectivity index (χ2n) is 6.59. The maximum atomic E-state index is 12.5. The fraction of sp³-hybridized carbons (Fsp3) is 0.0909. The number of hydrogen-bond acceptors (Lipinski definition) is 3. The van der Waals surface area contributed by atoms with Crippen LogP contribution in [0.25, 0.3) is 22.4 Å². The van der Waals surface area contributed by atoms with E-state index in [9.17, 15) is 4.79 Å². The van der Waals surface area contributed by atoms with Crippen LogP contribution in [0.5, 0.6) is 5.75 Å². The van der Waals surface area contributed by atoms with Crippen molar-refractivity contribution in [1.29, 1.82) is 0 Å². The second kappa shape index (κ2) is 6.29. The first kappa shape index (κ1) is 15.6. The van der Waals surface area contributed by atoms with E-state index in [1.807, 2.05) is 72.8 Å². The molecule has 0 radical (unpaired) electrons. The first-order valence-electron chi connectivity index (χ1n) is 8.87. The molecule has 1 atom stereocenters. The van der Waals surface area contributed by atoms with Gasteiger partial charge in [0.25, 0.3) is 5.91 Å². The minimum atomic E-state index is -0.488. The number of anilines is 1. The molecule has 5 heteroatoms. The summed E-state index contributed by atoms with van der Waals surface area (Å²) in [6.07, 6.45) is 0.108. The maximum absolute atomic E-state index is 12.5. The van der Waals surface area contributed by atoms with E-state index in [2.05, 4.69) is 15.3 Å². The Hall–Kier alpha value is -3.60. The highest BCUT2D eigenvalue weighted by atomic mass is 16.5. The van der Waals surface area contributed by atoms with E-state index in [1.54, 1.807) is 0 Å². The molecule has 1 aliphatic rings. The van der Waals surface area contributed by atoms with Gasteiger partial charge in [-0.2, -0.15) is 0 Å². The quantitative estimate of drug-likeness (QED) is 0.579. The van der Waals surface area contributed by atoms with E-state index in [-0.39, 0.29) is 5.91 Å². The van der Waals surface area contributed by atoms with Gasteiger partial charge in [0.05, 0.1) is 11.0 Å². The van der Waals surface area contributed by atoms with Crippen LogP contribution in [0.4, 0.5) is 5.69 Å². The minimum Gasteiger partial charge on any atom is -0.480 e. The number of fused-ring (bicyclic) bond motifs is 2. The van der Waals surface area contributed by atoms with Crippen LogP contribution in [0, 0.1) is 0 Å². The third kappa shape index (κ3) is 2.93. The standard InChI is InChI=1S/C22H17N3O2/c26-22(20-13-15-5-1-4-8-19(15)27-20)23-16-11-9-14(10-12-16)21-24-17-6-2-3-7-18(17)25-21/h1-12,20H,13H2,(H,23,26)(H,24,25)/t20-/m1/s1. The summed E-state index contributed by atoms with van der Waals surface area (Å²) in [6, 6.07) is 23.3. The van der Waals surface area contributed by atoms with Gasteiger partial charge >= 0.3 is 0 Å². The number of aromatic amines is 1. The zero-order chi connectivity index (χ0) is 18.2. The van der Waals surface area contributed by atoms with Crippen LogP contribution in [0.2, 0.25) is 0 Å². The predicted molar refractivity (Wildman–Crippen MR) is 105 cm³/mol. The Bertz CT molecular complexity index is 1070. The number of imidazole rings is 1. The summed E-state index contributed by atoms with van der Waals surface area (Å²) in [5.74, 6) is 1.46. The predicted octanol–water partition coefficient (Wildman–Crippen LogP) is 4.17. The number of rotatable bonds is 3. The van der Waals surface area contributed by atoms with Gasteiger partial charge in [0, 0.05) is 17.7 Å². The third-order valence-corrected chi connectivity index (χ3v) is 4.75. The number of amides is 1. The van der Waals surface area contributed by atoms with Gasteiger partial charge in [-0.05, 0) is 48.0 Å². The molecular formula is C22H17N3O2. The lowest BCUT2D eigenvalue weighted by Crippen LogP contribution is -2.31. The van der Waals surface area contributed by atoms with Gasteiger partial charge in [-0.25, -0.2) is 4.98 Å². The van der Waals surface area contributed by atoms with Crippen LogP contribution >= 0.6 is 0 Å². The molecule has 3 aromatic carbocycles. The van der Waals surface area contributed by atoms with Gasteiger partial charge in [0.1, 0.15) is 11.6 Å². The maximum Gasteiger partial charge on any atom is 0.265 e. The number of nitrogens with one attached hydrogen (secondary N) is 2. The molecule has 0 saturated heterocycles. The molecule has 2 N–H and O–H groups in total. The SMILES string of the molecule is O=C(Nc1ccc(-c2nc3ccccc3[nH]2)cc1)[C@H]1Cc2ccccc2O1. The van der Waals surface area contributed by atoms with Crippen molar-refractivity contribution in [2.75, 3.05) is 5.32 Å². The Morgan fingerprint density at radius 3 is 2.59 bits per heavy atom. The summed E-state index contributed by atoms with van der Waals surface area (Å²) in [6.45, 7) is 0. The molecule has 1 aromatic heterocycles. The molecule has 0 aliphatic carbocycles. The number of hydrogen-bond donors (Lipinski definition) is 2. The summed E-state index contributed by atoms with van der Waals surface area (Å²) < 4.78 is 5.74. The van der Waals surface area contributed by atoms with Gasteiger partial charge in [0.2, 0.25) is 0 Å². The van der Waals surface area contributed by atoms with E-state index in [1.165, 1.54) is 0 Å². The van der Waals surface area contributed by atoms with E-state index in [0.717, 1.165) is 39.4 Å². The first-order valence-corrected chi connectivity index (χ1v) is 8.87. The summed E-state index contributed by atoms with van der Waals surface area (Å²) >= 11 is 0. The zero-order valence-corrected chi connectivity index (χ0v) is 14.5.